The lowest BCUT2D eigenvalue weighted by atomic mass is 10.2. The number of hydrogen-bond donors (Lipinski definition) is 1. The summed E-state index contributed by atoms with van der Waals surface area (Å²) in [6.07, 6.45) is 3.48. The Kier molecular flexibility index (Phi) is 1.73. The molecule has 0 fully saturated rings. The molecule has 13 heavy (non-hydrogen) atoms. The number of carbonyl (C=O) groups excluding carboxylic acids is 1. The molecule has 2 aromatic heterocycles. The molecule has 66 valence electrons. The van der Waals surface area contributed by atoms with Crippen molar-refractivity contribution in [1.82, 2.24) is 14.9 Å². The minimum Gasteiger partial charge on any atom is -0.355 e. The lowest BCUT2D eigenvalue weighted by Gasteiger charge is -2.01. The second kappa shape index (κ2) is 2.90. The number of rotatable bonds is 1. The van der Waals surface area contributed by atoms with E-state index in [9.17, 15) is 4.79 Å². The Balaban J connectivity index is 2.67. The highest BCUT2D eigenvalue weighted by atomic mass is 16.1. The van der Waals surface area contributed by atoms with E-state index in [2.05, 4.69) is 10.4 Å². The van der Waals surface area contributed by atoms with E-state index in [0.29, 0.717) is 5.56 Å². The van der Waals surface area contributed by atoms with Gasteiger partial charge in [0.1, 0.15) is 0 Å². The predicted octanol–water partition coefficient (Wildman–Crippen LogP) is 0.694. The average molecular weight is 175 g/mol. The van der Waals surface area contributed by atoms with Crippen LogP contribution < -0.4 is 5.32 Å². The molecule has 0 aliphatic rings. The summed E-state index contributed by atoms with van der Waals surface area (Å²) in [5.41, 5.74) is 1.46. The van der Waals surface area contributed by atoms with Crippen molar-refractivity contribution < 1.29 is 4.79 Å². The number of amides is 1. The SMILES string of the molecule is CNC(=O)c1cccn2nccc12. The summed E-state index contributed by atoms with van der Waals surface area (Å²) in [5.74, 6) is -0.0916. The zero-order valence-electron chi connectivity index (χ0n) is 7.19. The van der Waals surface area contributed by atoms with Crippen LogP contribution in [0.1, 0.15) is 10.4 Å². The minimum atomic E-state index is -0.0916. The molecular formula is C9H9N3O. The van der Waals surface area contributed by atoms with E-state index < -0.39 is 0 Å². The van der Waals surface area contributed by atoms with Gasteiger partial charge in [0, 0.05) is 13.2 Å². The molecule has 0 aliphatic carbocycles. The van der Waals surface area contributed by atoms with Crippen LogP contribution in [-0.2, 0) is 0 Å². The molecule has 0 saturated heterocycles. The summed E-state index contributed by atoms with van der Waals surface area (Å²) in [4.78, 5) is 11.4. The van der Waals surface area contributed by atoms with Gasteiger partial charge in [0.25, 0.3) is 5.91 Å². The van der Waals surface area contributed by atoms with Crippen LogP contribution >= 0.6 is 0 Å². The molecule has 4 nitrogen and oxygen atoms in total. The number of nitrogens with one attached hydrogen (secondary N) is 1. The maximum Gasteiger partial charge on any atom is 0.253 e. The zero-order valence-corrected chi connectivity index (χ0v) is 7.19. The first-order valence-corrected chi connectivity index (χ1v) is 3.97. The topological polar surface area (TPSA) is 46.4 Å². The number of hydrogen-bond acceptors (Lipinski definition) is 2. The highest BCUT2D eigenvalue weighted by Gasteiger charge is 2.07. The van der Waals surface area contributed by atoms with Gasteiger partial charge in [-0.15, -0.1) is 0 Å². The summed E-state index contributed by atoms with van der Waals surface area (Å²) in [7, 11) is 1.61. The van der Waals surface area contributed by atoms with Crippen molar-refractivity contribution >= 4 is 11.4 Å². The summed E-state index contributed by atoms with van der Waals surface area (Å²) in [6, 6.07) is 5.38. The molecule has 1 amide bonds. The van der Waals surface area contributed by atoms with Gasteiger partial charge in [-0.25, -0.2) is 4.52 Å². The highest BCUT2D eigenvalue weighted by molar-refractivity contribution is 6.00. The van der Waals surface area contributed by atoms with Crippen molar-refractivity contribution in [3.8, 4) is 0 Å². The molecular weight excluding hydrogens is 166 g/mol. The summed E-state index contributed by atoms with van der Waals surface area (Å²) in [6.45, 7) is 0. The van der Waals surface area contributed by atoms with Gasteiger partial charge in [-0.3, -0.25) is 4.79 Å². The first-order chi connectivity index (χ1) is 6.33. The number of fused-ring (bicyclic) bond motifs is 1. The van der Waals surface area contributed by atoms with Crippen LogP contribution in [0, 0.1) is 0 Å². The Morgan fingerprint density at radius 1 is 1.54 bits per heavy atom. The molecule has 2 rings (SSSR count). The Labute approximate surface area is 75.2 Å². The van der Waals surface area contributed by atoms with Crippen LogP contribution in [-0.4, -0.2) is 22.6 Å². The lowest BCUT2D eigenvalue weighted by molar-refractivity contribution is 0.0964. The highest BCUT2D eigenvalue weighted by Crippen LogP contribution is 2.08. The van der Waals surface area contributed by atoms with Crippen molar-refractivity contribution in [2.75, 3.05) is 7.05 Å². The van der Waals surface area contributed by atoms with Crippen LogP contribution in [0.5, 0.6) is 0 Å². The fourth-order valence-corrected chi connectivity index (χ4v) is 1.28. The summed E-state index contributed by atoms with van der Waals surface area (Å²) in [5, 5.41) is 6.62. The Morgan fingerprint density at radius 2 is 2.38 bits per heavy atom. The first-order valence-electron chi connectivity index (χ1n) is 3.97. The second-order valence-corrected chi connectivity index (χ2v) is 2.66. The van der Waals surface area contributed by atoms with Crippen molar-refractivity contribution in [3.63, 3.8) is 0 Å². The van der Waals surface area contributed by atoms with E-state index in [4.69, 9.17) is 0 Å². The van der Waals surface area contributed by atoms with Gasteiger partial charge in [-0.2, -0.15) is 5.10 Å². The standard InChI is InChI=1S/C9H9N3O/c1-10-9(13)7-3-2-6-12-8(7)4-5-11-12/h2-6H,1H3,(H,10,13). The molecule has 2 aromatic rings. The Bertz CT molecular complexity index is 447. The molecule has 0 atom stereocenters. The smallest absolute Gasteiger partial charge is 0.253 e. The van der Waals surface area contributed by atoms with Gasteiger partial charge in [0.05, 0.1) is 17.3 Å². The van der Waals surface area contributed by atoms with Gasteiger partial charge in [0.2, 0.25) is 0 Å². The van der Waals surface area contributed by atoms with Crippen LogP contribution in [0.2, 0.25) is 0 Å². The monoisotopic (exact) mass is 175 g/mol. The van der Waals surface area contributed by atoms with E-state index >= 15 is 0 Å². The molecule has 4 heteroatoms. The maximum atomic E-state index is 11.4. The van der Waals surface area contributed by atoms with E-state index in [1.54, 1.807) is 29.9 Å². The quantitative estimate of drug-likeness (QED) is 0.693. The molecule has 0 unspecified atom stereocenters. The minimum absolute atomic E-state index is 0.0916. The molecule has 0 aliphatic heterocycles. The van der Waals surface area contributed by atoms with Crippen molar-refractivity contribution in [1.29, 1.82) is 0 Å². The summed E-state index contributed by atoms with van der Waals surface area (Å²) >= 11 is 0. The largest absolute Gasteiger partial charge is 0.355 e. The molecule has 0 saturated carbocycles. The van der Waals surface area contributed by atoms with Crippen LogP contribution in [0.15, 0.2) is 30.6 Å². The zero-order chi connectivity index (χ0) is 9.26. The van der Waals surface area contributed by atoms with Gasteiger partial charge in [-0.05, 0) is 18.2 Å². The second-order valence-electron chi connectivity index (χ2n) is 2.66. The molecule has 0 bridgehead atoms. The predicted molar refractivity (Wildman–Crippen MR) is 48.6 cm³/mol. The van der Waals surface area contributed by atoms with E-state index in [1.165, 1.54) is 0 Å². The van der Waals surface area contributed by atoms with Gasteiger partial charge in [-0.1, -0.05) is 0 Å². The van der Waals surface area contributed by atoms with Crippen molar-refractivity contribution in [2.24, 2.45) is 0 Å². The van der Waals surface area contributed by atoms with Gasteiger partial charge >= 0.3 is 0 Å². The third-order valence-corrected chi connectivity index (χ3v) is 1.91. The lowest BCUT2D eigenvalue weighted by Crippen LogP contribution is -2.18. The average Bonchev–Trinajstić information content (AvgIpc) is 2.63. The molecule has 2 heterocycles. The third-order valence-electron chi connectivity index (χ3n) is 1.91. The molecule has 0 radical (unpaired) electrons. The normalized spacial score (nSPS) is 10.2. The fourth-order valence-electron chi connectivity index (χ4n) is 1.28. The fraction of sp³-hybridized carbons (Fsp3) is 0.111. The van der Waals surface area contributed by atoms with Gasteiger partial charge < -0.3 is 5.32 Å². The van der Waals surface area contributed by atoms with Crippen LogP contribution in [0.3, 0.4) is 0 Å². The summed E-state index contributed by atoms with van der Waals surface area (Å²) < 4.78 is 1.67. The van der Waals surface area contributed by atoms with E-state index in [1.807, 2.05) is 12.3 Å². The molecule has 0 aromatic carbocycles. The van der Waals surface area contributed by atoms with Crippen molar-refractivity contribution in [2.45, 2.75) is 0 Å². The maximum absolute atomic E-state index is 11.4. The number of aromatic nitrogens is 2. The number of nitrogens with zero attached hydrogens (tertiary/aromatic N) is 2. The number of pyridine rings is 1. The third kappa shape index (κ3) is 1.16. The van der Waals surface area contributed by atoms with Gasteiger partial charge in [0.15, 0.2) is 0 Å². The molecule has 1 N–H and O–H groups in total. The Hall–Kier alpha value is -1.84. The van der Waals surface area contributed by atoms with E-state index in [-0.39, 0.29) is 5.91 Å². The van der Waals surface area contributed by atoms with Crippen LogP contribution in [0.25, 0.3) is 5.52 Å². The number of carbonyl (C=O) groups is 1. The van der Waals surface area contributed by atoms with Crippen LogP contribution in [0.4, 0.5) is 0 Å². The Morgan fingerprint density at radius 3 is 3.15 bits per heavy atom. The molecule has 0 spiro atoms. The van der Waals surface area contributed by atoms with E-state index in [0.717, 1.165) is 5.52 Å². The van der Waals surface area contributed by atoms with Crippen molar-refractivity contribution in [3.05, 3.63) is 36.2 Å². The first kappa shape index (κ1) is 7.79.